The van der Waals surface area contributed by atoms with Gasteiger partial charge in [-0.3, -0.25) is 4.79 Å². The molecule has 7 heteroatoms. The molecule has 0 amide bonds. The van der Waals surface area contributed by atoms with Gasteiger partial charge in [0, 0.05) is 5.56 Å². The molecule has 0 N–H and O–H groups in total. The first-order chi connectivity index (χ1) is 10.4. The van der Waals surface area contributed by atoms with Gasteiger partial charge in [-0.25, -0.2) is 12.6 Å². The highest BCUT2D eigenvalue weighted by molar-refractivity contribution is 8.12. The third-order valence-corrected chi connectivity index (χ3v) is 6.74. The number of sulfone groups is 1. The molecule has 1 aromatic carbocycles. The molecule has 0 heterocycles. The van der Waals surface area contributed by atoms with Crippen LogP contribution in [0.3, 0.4) is 0 Å². The van der Waals surface area contributed by atoms with Crippen molar-refractivity contribution in [3.63, 3.8) is 0 Å². The summed E-state index contributed by atoms with van der Waals surface area (Å²) in [4.78, 5) is 11.4. The highest BCUT2D eigenvalue weighted by Gasteiger charge is 2.29. The summed E-state index contributed by atoms with van der Waals surface area (Å²) in [6.45, 7) is 2.10. The maximum Gasteiger partial charge on any atom is 0.252 e. The summed E-state index contributed by atoms with van der Waals surface area (Å²) in [5.74, 6) is 0.475. The van der Waals surface area contributed by atoms with Crippen LogP contribution in [0.4, 0.5) is 0 Å². The minimum atomic E-state index is -3.86. The lowest BCUT2D eigenvalue weighted by molar-refractivity contribution is 0.108. The van der Waals surface area contributed by atoms with Gasteiger partial charge in [-0.1, -0.05) is 32.3 Å². The average molecular weight is 361 g/mol. The maximum atomic E-state index is 12.3. The van der Waals surface area contributed by atoms with Crippen molar-refractivity contribution in [2.45, 2.75) is 43.4 Å². The number of hydrogen-bond acceptors (Lipinski definition) is 4. The predicted octanol–water partition coefficient (Wildman–Crippen LogP) is 3.11. The molecule has 2 rings (SSSR count). The summed E-state index contributed by atoms with van der Waals surface area (Å²) in [5, 5.41) is -0.713. The van der Waals surface area contributed by atoms with Crippen molar-refractivity contribution < 1.29 is 17.4 Å². The maximum absolute atomic E-state index is 12.3. The monoisotopic (exact) mass is 360 g/mol. The fourth-order valence-corrected chi connectivity index (χ4v) is 4.88. The molecule has 1 fully saturated rings. The SMILES string of the molecule is CC1CCCCC1c1ccc(C(=O)Cl)cc1S(=O)(=O)C=S=O. The van der Waals surface area contributed by atoms with E-state index >= 15 is 0 Å². The van der Waals surface area contributed by atoms with Crippen LogP contribution in [0.25, 0.3) is 0 Å². The van der Waals surface area contributed by atoms with Crippen LogP contribution in [0.2, 0.25) is 0 Å². The highest BCUT2D eigenvalue weighted by Crippen LogP contribution is 2.40. The van der Waals surface area contributed by atoms with Gasteiger partial charge in [0.2, 0.25) is 9.84 Å². The van der Waals surface area contributed by atoms with Crippen LogP contribution in [-0.4, -0.2) is 22.6 Å². The molecule has 120 valence electrons. The Morgan fingerprint density at radius 1 is 1.32 bits per heavy atom. The molecule has 0 aromatic heterocycles. The van der Waals surface area contributed by atoms with Crippen molar-refractivity contribution in [2.75, 3.05) is 0 Å². The molecule has 1 aliphatic rings. The summed E-state index contributed by atoms with van der Waals surface area (Å²) in [6, 6.07) is 4.50. The van der Waals surface area contributed by atoms with Crippen molar-refractivity contribution >= 4 is 42.6 Å². The number of carbonyl (C=O) groups is 1. The number of halogens is 1. The molecule has 4 nitrogen and oxygen atoms in total. The Hall–Kier alpha value is -0.980. The molecular weight excluding hydrogens is 344 g/mol. The van der Waals surface area contributed by atoms with E-state index in [0.717, 1.165) is 25.7 Å². The first-order valence-corrected chi connectivity index (χ1v) is 9.80. The Labute approximate surface area is 138 Å². The molecular formula is C15H17ClO4S2. The first kappa shape index (κ1) is 17.4. The van der Waals surface area contributed by atoms with Gasteiger partial charge in [0.05, 0.1) is 4.90 Å². The van der Waals surface area contributed by atoms with Crippen LogP contribution in [0.5, 0.6) is 0 Å². The zero-order valence-corrected chi connectivity index (χ0v) is 14.5. The van der Waals surface area contributed by atoms with Crippen LogP contribution in [-0.2, 0) is 21.1 Å². The fourth-order valence-electron chi connectivity index (χ4n) is 3.09. The molecule has 0 bridgehead atoms. The van der Waals surface area contributed by atoms with Gasteiger partial charge < -0.3 is 0 Å². The van der Waals surface area contributed by atoms with E-state index in [1.54, 1.807) is 12.1 Å². The standard InChI is InChI=1S/C15H17ClO4S2/c1-10-4-2-3-5-12(10)13-7-6-11(15(16)17)8-14(13)22(19,20)9-21-18/h6-10,12H,2-5H2,1H3. The van der Waals surface area contributed by atoms with Gasteiger partial charge in [-0.15, -0.1) is 0 Å². The first-order valence-electron chi connectivity index (χ1n) is 7.07. The minimum Gasteiger partial charge on any atom is -0.276 e. The van der Waals surface area contributed by atoms with Crippen LogP contribution >= 0.6 is 11.6 Å². The molecule has 0 radical (unpaired) electrons. The molecule has 2 atom stereocenters. The Bertz CT molecular complexity index is 736. The van der Waals surface area contributed by atoms with Crippen molar-refractivity contribution in [1.82, 2.24) is 0 Å². The van der Waals surface area contributed by atoms with E-state index in [0.29, 0.717) is 16.2 Å². The van der Waals surface area contributed by atoms with Gasteiger partial charge in [0.1, 0.15) is 16.0 Å². The van der Waals surface area contributed by atoms with E-state index in [4.69, 9.17) is 11.6 Å². The summed E-state index contributed by atoms with van der Waals surface area (Å²) in [7, 11) is -3.86. The fraction of sp³-hybridized carbons (Fsp3) is 0.467. The van der Waals surface area contributed by atoms with Crippen molar-refractivity contribution in [3.8, 4) is 0 Å². The second-order valence-corrected chi connectivity index (χ2v) is 8.47. The summed E-state index contributed by atoms with van der Waals surface area (Å²) >= 11 is 5.35. The average Bonchev–Trinajstić information content (AvgIpc) is 2.47. The van der Waals surface area contributed by atoms with E-state index in [1.165, 1.54) is 6.07 Å². The van der Waals surface area contributed by atoms with E-state index < -0.39 is 15.1 Å². The highest BCUT2D eigenvalue weighted by atomic mass is 35.5. The smallest absolute Gasteiger partial charge is 0.252 e. The second kappa shape index (κ2) is 7.06. The molecule has 22 heavy (non-hydrogen) atoms. The molecule has 1 aliphatic carbocycles. The number of benzene rings is 1. The normalized spacial score (nSPS) is 22.1. The molecule has 0 spiro atoms. The Balaban J connectivity index is 2.63. The quantitative estimate of drug-likeness (QED) is 0.611. The summed E-state index contributed by atoms with van der Waals surface area (Å²) < 4.78 is 36.0. The minimum absolute atomic E-state index is 0.0288. The Morgan fingerprint density at radius 3 is 2.59 bits per heavy atom. The van der Waals surface area contributed by atoms with Gasteiger partial charge in [-0.2, -0.15) is 0 Å². The van der Waals surface area contributed by atoms with Crippen LogP contribution < -0.4 is 0 Å². The van der Waals surface area contributed by atoms with Crippen LogP contribution in [0.1, 0.15) is 54.4 Å². The number of rotatable bonds is 4. The lowest BCUT2D eigenvalue weighted by atomic mass is 9.76. The third-order valence-electron chi connectivity index (χ3n) is 4.22. The predicted molar refractivity (Wildman–Crippen MR) is 88.4 cm³/mol. The van der Waals surface area contributed by atoms with Crippen molar-refractivity contribution in [3.05, 3.63) is 29.3 Å². The van der Waals surface area contributed by atoms with E-state index in [9.17, 15) is 17.4 Å². The van der Waals surface area contributed by atoms with Gasteiger partial charge in [-0.05, 0) is 47.6 Å². The zero-order chi connectivity index (χ0) is 16.3. The molecule has 1 aromatic rings. The summed E-state index contributed by atoms with van der Waals surface area (Å²) in [6.07, 6.45) is 4.13. The topological polar surface area (TPSA) is 68.3 Å². The van der Waals surface area contributed by atoms with Gasteiger partial charge >= 0.3 is 0 Å². The van der Waals surface area contributed by atoms with E-state index in [-0.39, 0.29) is 27.6 Å². The lowest BCUT2D eigenvalue weighted by Crippen LogP contribution is -2.18. The summed E-state index contributed by atoms with van der Waals surface area (Å²) in [5.41, 5.74) is 0.802. The molecule has 0 aliphatic heterocycles. The Kier molecular flexibility index (Phi) is 5.58. The van der Waals surface area contributed by atoms with Crippen molar-refractivity contribution in [2.24, 2.45) is 5.92 Å². The number of carbonyl (C=O) groups excluding carboxylic acids is 1. The number of hydrogen-bond donors (Lipinski definition) is 0. The molecule has 1 saturated carbocycles. The van der Waals surface area contributed by atoms with E-state index in [1.807, 2.05) is 0 Å². The van der Waals surface area contributed by atoms with Crippen LogP contribution in [0, 0.1) is 5.92 Å². The largest absolute Gasteiger partial charge is 0.276 e. The van der Waals surface area contributed by atoms with Crippen LogP contribution in [0.15, 0.2) is 23.1 Å². The van der Waals surface area contributed by atoms with Gasteiger partial charge in [0.25, 0.3) is 5.24 Å². The molecule has 0 saturated heterocycles. The third kappa shape index (κ3) is 3.67. The van der Waals surface area contributed by atoms with Crippen molar-refractivity contribution in [1.29, 1.82) is 0 Å². The van der Waals surface area contributed by atoms with E-state index in [2.05, 4.69) is 6.92 Å². The lowest BCUT2D eigenvalue weighted by Gasteiger charge is -2.30. The zero-order valence-electron chi connectivity index (χ0n) is 12.1. The molecule has 2 unspecified atom stereocenters. The second-order valence-electron chi connectivity index (χ2n) is 5.63. The van der Waals surface area contributed by atoms with Gasteiger partial charge in [0.15, 0.2) is 0 Å². The Morgan fingerprint density at radius 2 is 2.00 bits per heavy atom.